The van der Waals surface area contributed by atoms with E-state index in [-0.39, 0.29) is 5.91 Å². The Morgan fingerprint density at radius 3 is 2.82 bits per heavy atom. The minimum Gasteiger partial charge on any atom is -0.497 e. The van der Waals surface area contributed by atoms with Gasteiger partial charge in [0.25, 0.3) is 0 Å². The fourth-order valence-electron chi connectivity index (χ4n) is 1.36. The molecule has 0 spiro atoms. The molecule has 0 saturated carbocycles. The van der Waals surface area contributed by atoms with Crippen LogP contribution < -0.4 is 15.4 Å². The molecule has 0 atom stereocenters. The SMILES string of the molecule is CNCCCC(=O)Nc1ccc(OC)cc1Cl. The molecule has 0 aliphatic heterocycles. The van der Waals surface area contributed by atoms with E-state index < -0.39 is 0 Å². The van der Waals surface area contributed by atoms with E-state index in [0.29, 0.717) is 22.9 Å². The lowest BCUT2D eigenvalue weighted by Gasteiger charge is -2.08. The minimum atomic E-state index is -0.0349. The lowest BCUT2D eigenvalue weighted by molar-refractivity contribution is -0.116. The van der Waals surface area contributed by atoms with Crippen LogP contribution in [0.2, 0.25) is 5.02 Å². The van der Waals surface area contributed by atoms with Gasteiger partial charge in [-0.15, -0.1) is 0 Å². The number of rotatable bonds is 6. The van der Waals surface area contributed by atoms with Crippen LogP contribution in [0, 0.1) is 0 Å². The van der Waals surface area contributed by atoms with E-state index in [0.717, 1.165) is 13.0 Å². The number of hydrogen-bond acceptors (Lipinski definition) is 3. The van der Waals surface area contributed by atoms with Crippen LogP contribution in [0.15, 0.2) is 18.2 Å². The molecule has 17 heavy (non-hydrogen) atoms. The number of amides is 1. The summed E-state index contributed by atoms with van der Waals surface area (Å²) in [5, 5.41) is 6.24. The quantitative estimate of drug-likeness (QED) is 0.768. The number of nitrogens with one attached hydrogen (secondary N) is 2. The average molecular weight is 257 g/mol. The van der Waals surface area contributed by atoms with Crippen molar-refractivity contribution >= 4 is 23.2 Å². The zero-order valence-electron chi connectivity index (χ0n) is 10.0. The number of benzene rings is 1. The summed E-state index contributed by atoms with van der Waals surface area (Å²) in [7, 11) is 3.43. The molecule has 0 bridgehead atoms. The molecule has 0 aliphatic carbocycles. The first-order chi connectivity index (χ1) is 8.17. The highest BCUT2D eigenvalue weighted by molar-refractivity contribution is 6.33. The first-order valence-electron chi connectivity index (χ1n) is 5.45. The van der Waals surface area contributed by atoms with Crippen molar-refractivity contribution in [2.24, 2.45) is 0 Å². The monoisotopic (exact) mass is 256 g/mol. The number of carbonyl (C=O) groups excluding carboxylic acids is 1. The smallest absolute Gasteiger partial charge is 0.224 e. The van der Waals surface area contributed by atoms with Crippen molar-refractivity contribution in [1.29, 1.82) is 0 Å². The summed E-state index contributed by atoms with van der Waals surface area (Å²) in [4.78, 5) is 11.6. The molecule has 1 rings (SSSR count). The molecule has 1 aromatic carbocycles. The van der Waals surface area contributed by atoms with Crippen molar-refractivity contribution in [3.05, 3.63) is 23.2 Å². The topological polar surface area (TPSA) is 50.4 Å². The Hall–Kier alpha value is -1.26. The standard InChI is InChI=1S/C12H17ClN2O2/c1-14-7-3-4-12(16)15-11-6-5-9(17-2)8-10(11)13/h5-6,8,14H,3-4,7H2,1-2H3,(H,15,16). The molecular formula is C12H17ClN2O2. The van der Waals surface area contributed by atoms with Gasteiger partial charge in [-0.1, -0.05) is 11.6 Å². The Kier molecular flexibility index (Phi) is 5.80. The summed E-state index contributed by atoms with van der Waals surface area (Å²) in [6.07, 6.45) is 1.28. The van der Waals surface area contributed by atoms with Gasteiger partial charge in [-0.3, -0.25) is 4.79 Å². The van der Waals surface area contributed by atoms with Crippen LogP contribution in [0.1, 0.15) is 12.8 Å². The van der Waals surface area contributed by atoms with Gasteiger partial charge < -0.3 is 15.4 Å². The van der Waals surface area contributed by atoms with E-state index in [1.807, 2.05) is 7.05 Å². The van der Waals surface area contributed by atoms with E-state index in [9.17, 15) is 4.79 Å². The maximum Gasteiger partial charge on any atom is 0.224 e. The number of methoxy groups -OCH3 is 1. The van der Waals surface area contributed by atoms with Crippen molar-refractivity contribution in [1.82, 2.24) is 5.32 Å². The van der Waals surface area contributed by atoms with E-state index >= 15 is 0 Å². The van der Waals surface area contributed by atoms with Gasteiger partial charge in [0.15, 0.2) is 0 Å². The Balaban J connectivity index is 2.53. The van der Waals surface area contributed by atoms with E-state index in [4.69, 9.17) is 16.3 Å². The van der Waals surface area contributed by atoms with Crippen molar-refractivity contribution < 1.29 is 9.53 Å². The molecule has 0 radical (unpaired) electrons. The van der Waals surface area contributed by atoms with Gasteiger partial charge in [0.05, 0.1) is 17.8 Å². The lowest BCUT2D eigenvalue weighted by Crippen LogP contribution is -2.15. The minimum absolute atomic E-state index is 0.0349. The van der Waals surface area contributed by atoms with Crippen LogP contribution >= 0.6 is 11.6 Å². The molecule has 0 unspecified atom stereocenters. The van der Waals surface area contributed by atoms with E-state index in [1.54, 1.807) is 25.3 Å². The molecule has 1 aromatic rings. The number of anilines is 1. The van der Waals surface area contributed by atoms with Crippen molar-refractivity contribution in [3.8, 4) is 5.75 Å². The summed E-state index contributed by atoms with van der Waals surface area (Å²) < 4.78 is 5.03. The summed E-state index contributed by atoms with van der Waals surface area (Å²) in [5.74, 6) is 0.635. The Morgan fingerprint density at radius 2 is 2.24 bits per heavy atom. The molecule has 5 heteroatoms. The molecule has 94 valence electrons. The second-order valence-electron chi connectivity index (χ2n) is 3.60. The summed E-state index contributed by atoms with van der Waals surface area (Å²) in [5.41, 5.74) is 0.613. The Morgan fingerprint density at radius 1 is 1.47 bits per heavy atom. The first-order valence-corrected chi connectivity index (χ1v) is 5.83. The van der Waals surface area contributed by atoms with Crippen LogP contribution in [0.4, 0.5) is 5.69 Å². The average Bonchev–Trinajstić information content (AvgIpc) is 2.32. The fraction of sp³-hybridized carbons (Fsp3) is 0.417. The maximum atomic E-state index is 11.6. The normalized spacial score (nSPS) is 10.1. The van der Waals surface area contributed by atoms with Crippen molar-refractivity contribution in [2.45, 2.75) is 12.8 Å². The largest absolute Gasteiger partial charge is 0.497 e. The maximum absolute atomic E-state index is 11.6. The molecular weight excluding hydrogens is 240 g/mol. The first kappa shape index (κ1) is 13.8. The molecule has 0 aliphatic rings. The third kappa shape index (κ3) is 4.63. The molecule has 0 fully saturated rings. The second kappa shape index (κ2) is 7.14. The fourth-order valence-corrected chi connectivity index (χ4v) is 1.58. The van der Waals surface area contributed by atoms with Gasteiger partial charge in [0, 0.05) is 12.5 Å². The summed E-state index contributed by atoms with van der Waals surface area (Å²) in [6.45, 7) is 0.823. The summed E-state index contributed by atoms with van der Waals surface area (Å²) in [6, 6.07) is 5.16. The Labute approximate surface area is 106 Å². The molecule has 0 heterocycles. The van der Waals surface area contributed by atoms with Gasteiger partial charge >= 0.3 is 0 Å². The van der Waals surface area contributed by atoms with Gasteiger partial charge in [-0.05, 0) is 32.1 Å². The molecule has 4 nitrogen and oxygen atoms in total. The number of ether oxygens (including phenoxy) is 1. The lowest BCUT2D eigenvalue weighted by atomic mass is 10.2. The molecule has 0 aromatic heterocycles. The Bertz CT molecular complexity index is 383. The van der Waals surface area contributed by atoms with Crippen LogP contribution in [0.5, 0.6) is 5.75 Å². The van der Waals surface area contributed by atoms with Crippen LogP contribution in [-0.2, 0) is 4.79 Å². The van der Waals surface area contributed by atoms with Gasteiger partial charge in [0.1, 0.15) is 5.75 Å². The highest BCUT2D eigenvalue weighted by atomic mass is 35.5. The molecule has 2 N–H and O–H groups in total. The van der Waals surface area contributed by atoms with Crippen LogP contribution in [0.25, 0.3) is 0 Å². The van der Waals surface area contributed by atoms with Crippen LogP contribution in [0.3, 0.4) is 0 Å². The van der Waals surface area contributed by atoms with Crippen molar-refractivity contribution in [3.63, 3.8) is 0 Å². The number of hydrogen-bond donors (Lipinski definition) is 2. The molecule has 0 saturated heterocycles. The second-order valence-corrected chi connectivity index (χ2v) is 4.01. The third-order valence-corrected chi connectivity index (χ3v) is 2.59. The predicted octanol–water partition coefficient (Wildman–Crippen LogP) is 2.29. The van der Waals surface area contributed by atoms with Gasteiger partial charge in [-0.25, -0.2) is 0 Å². The van der Waals surface area contributed by atoms with Crippen LogP contribution in [-0.4, -0.2) is 26.6 Å². The van der Waals surface area contributed by atoms with E-state index in [1.165, 1.54) is 0 Å². The highest BCUT2D eigenvalue weighted by Crippen LogP contribution is 2.26. The highest BCUT2D eigenvalue weighted by Gasteiger charge is 2.06. The van der Waals surface area contributed by atoms with Gasteiger partial charge in [0.2, 0.25) is 5.91 Å². The summed E-state index contributed by atoms with van der Waals surface area (Å²) >= 11 is 6.01. The molecule has 1 amide bonds. The zero-order chi connectivity index (χ0) is 12.7. The van der Waals surface area contributed by atoms with E-state index in [2.05, 4.69) is 10.6 Å². The van der Waals surface area contributed by atoms with Crippen molar-refractivity contribution in [2.75, 3.05) is 26.0 Å². The number of carbonyl (C=O) groups is 1. The predicted molar refractivity (Wildman–Crippen MR) is 69.8 cm³/mol. The zero-order valence-corrected chi connectivity index (χ0v) is 10.8. The number of halogens is 1. The van der Waals surface area contributed by atoms with Gasteiger partial charge in [-0.2, -0.15) is 0 Å². The third-order valence-electron chi connectivity index (χ3n) is 2.28.